The summed E-state index contributed by atoms with van der Waals surface area (Å²) in [7, 11) is 0. The molecule has 4 aromatic rings. The Morgan fingerprint density at radius 3 is 1.28 bits per heavy atom. The average molecular weight is 833 g/mol. The lowest BCUT2D eigenvalue weighted by atomic mass is 9.92. The Kier molecular flexibility index (Phi) is 16.6. The Morgan fingerprint density at radius 2 is 0.918 bits per heavy atom. The molecule has 0 aliphatic heterocycles. The molecule has 18 nitrogen and oxygen atoms in total. The van der Waals surface area contributed by atoms with Crippen LogP contribution in [-0.4, -0.2) is 69.2 Å². The summed E-state index contributed by atoms with van der Waals surface area (Å²) in [6.45, 7) is 9.95. The summed E-state index contributed by atoms with van der Waals surface area (Å²) in [5, 5.41) is 13.2. The molecule has 0 aromatic heterocycles. The van der Waals surface area contributed by atoms with Crippen molar-refractivity contribution in [3.8, 4) is 0 Å². The van der Waals surface area contributed by atoms with Gasteiger partial charge in [-0.1, -0.05) is 30.8 Å². The molecule has 0 aliphatic carbocycles. The molecule has 0 atom stereocenters. The van der Waals surface area contributed by atoms with Crippen LogP contribution in [0.25, 0.3) is 0 Å². The highest BCUT2D eigenvalue weighted by Gasteiger charge is 2.38. The molecule has 4 aromatic carbocycles. The van der Waals surface area contributed by atoms with E-state index in [2.05, 4.69) is 48.1 Å². The summed E-state index contributed by atoms with van der Waals surface area (Å²) in [5.41, 5.74) is 4.14. The van der Waals surface area contributed by atoms with E-state index in [1.165, 1.54) is 30.5 Å². The fourth-order valence-corrected chi connectivity index (χ4v) is 5.38. The Labute approximate surface area is 351 Å². The number of ether oxygens (including phenoxy) is 4. The van der Waals surface area contributed by atoms with Gasteiger partial charge in [-0.2, -0.15) is 9.98 Å². The number of carbonyl (C=O) groups excluding carboxylic acids is 6. The second-order valence-corrected chi connectivity index (χ2v) is 13.5. The van der Waals surface area contributed by atoms with Crippen LogP contribution in [-0.2, 0) is 28.5 Å². The summed E-state index contributed by atoms with van der Waals surface area (Å²) in [6.07, 6.45) is 2.06. The maximum atomic E-state index is 13.3. The van der Waals surface area contributed by atoms with E-state index >= 15 is 0 Å². The highest BCUT2D eigenvalue weighted by atomic mass is 16.6. The van der Waals surface area contributed by atoms with Gasteiger partial charge in [0.1, 0.15) is 31.8 Å². The second kappa shape index (κ2) is 22.2. The van der Waals surface area contributed by atoms with Gasteiger partial charge in [-0.05, 0) is 112 Å². The van der Waals surface area contributed by atoms with Crippen LogP contribution in [0.4, 0.5) is 64.7 Å². The van der Waals surface area contributed by atoms with Crippen LogP contribution in [0, 0.1) is 33.1 Å². The lowest BCUT2D eigenvalue weighted by Crippen LogP contribution is -2.45. The molecule has 0 bridgehead atoms. The summed E-state index contributed by atoms with van der Waals surface area (Å²) in [5.74, 6) is 0. The first kappa shape index (κ1) is 45.6. The molecule has 0 unspecified atom stereocenters. The molecular formula is C43H44N8O10. The molecule has 4 amide bonds. The highest BCUT2D eigenvalue weighted by Crippen LogP contribution is 2.28. The third-order valence-electron chi connectivity index (χ3n) is 8.75. The molecule has 0 fully saturated rings. The Hall–Kier alpha value is -8.07. The maximum absolute atomic E-state index is 13.3. The van der Waals surface area contributed by atoms with E-state index in [1.807, 2.05) is 13.8 Å². The number of amides is 4. The van der Waals surface area contributed by atoms with Crippen molar-refractivity contribution in [2.24, 2.45) is 20.4 Å². The minimum Gasteiger partial charge on any atom is -0.448 e. The Bertz CT molecular complexity index is 2320. The van der Waals surface area contributed by atoms with E-state index in [-0.39, 0.29) is 22.7 Å². The smallest absolute Gasteiger partial charge is 0.411 e. The summed E-state index contributed by atoms with van der Waals surface area (Å²) < 4.78 is 22.4. The predicted octanol–water partition coefficient (Wildman–Crippen LogP) is 9.41. The lowest BCUT2D eigenvalue weighted by molar-refractivity contribution is -0.0420. The first-order valence-electron chi connectivity index (χ1n) is 18.5. The van der Waals surface area contributed by atoms with Crippen molar-refractivity contribution in [1.82, 2.24) is 0 Å². The number of hydrogen-bond donors (Lipinski definition) is 5. The van der Waals surface area contributed by atoms with E-state index < -0.39 is 56.2 Å². The van der Waals surface area contributed by atoms with E-state index in [0.29, 0.717) is 33.9 Å². The maximum Gasteiger partial charge on any atom is 0.411 e. The zero-order chi connectivity index (χ0) is 44.4. The molecule has 0 heterocycles. The van der Waals surface area contributed by atoms with Gasteiger partial charge in [0.15, 0.2) is 0 Å². The largest absolute Gasteiger partial charge is 0.448 e. The summed E-state index contributed by atoms with van der Waals surface area (Å²) in [6, 6.07) is 19.2. The Balaban J connectivity index is 1.63. The van der Waals surface area contributed by atoms with Gasteiger partial charge in [-0.3, -0.25) is 26.3 Å². The first-order chi connectivity index (χ1) is 29.3. The number of anilines is 5. The monoisotopic (exact) mass is 832 g/mol. The molecule has 0 aliphatic rings. The number of hydrogen-bond acceptors (Lipinski definition) is 14. The number of carbonyl (C=O) groups is 4. The number of rotatable bonds is 17. The average Bonchev–Trinajstić information content (AvgIpc) is 3.22. The third kappa shape index (κ3) is 14.1. The fraction of sp³-hybridized carbons (Fsp3) is 0.233. The van der Waals surface area contributed by atoms with Gasteiger partial charge in [0, 0.05) is 34.7 Å². The molecule has 316 valence electrons. The minimum atomic E-state index is -1.75. The van der Waals surface area contributed by atoms with Crippen molar-refractivity contribution in [2.45, 2.75) is 34.6 Å². The number of nitrogens with one attached hydrogen (secondary N) is 5. The summed E-state index contributed by atoms with van der Waals surface area (Å²) in [4.78, 5) is 86.4. The predicted molar refractivity (Wildman–Crippen MR) is 230 cm³/mol. The van der Waals surface area contributed by atoms with Crippen LogP contribution in [0.5, 0.6) is 0 Å². The molecule has 18 heteroatoms. The van der Waals surface area contributed by atoms with E-state index in [0.717, 1.165) is 11.1 Å². The van der Waals surface area contributed by atoms with Gasteiger partial charge >= 0.3 is 24.4 Å². The summed E-state index contributed by atoms with van der Waals surface area (Å²) >= 11 is 0. The van der Waals surface area contributed by atoms with Crippen molar-refractivity contribution in [2.75, 3.05) is 53.0 Å². The van der Waals surface area contributed by atoms with Crippen molar-refractivity contribution in [1.29, 1.82) is 0 Å². The van der Waals surface area contributed by atoms with Crippen molar-refractivity contribution in [3.05, 3.63) is 108 Å². The molecule has 0 spiro atoms. The van der Waals surface area contributed by atoms with Crippen LogP contribution in [0.1, 0.15) is 29.2 Å². The van der Waals surface area contributed by atoms with Crippen LogP contribution >= 0.6 is 0 Å². The highest BCUT2D eigenvalue weighted by molar-refractivity contribution is 5.88. The zero-order valence-electron chi connectivity index (χ0n) is 34.0. The number of aryl methyl sites for hydroxylation is 4. The SMILES string of the molecule is C=CNc1cc(NC(=O)OCC(COC(=O)Nc2ccc(C)c(N=C=O)c2)(COC(=O)Nc2ccc(C)c(N=C=O)c2)COC(=O)Nc2ccc(C)c(N=CC)c2)ccc1C. The van der Waals surface area contributed by atoms with Gasteiger partial charge < -0.3 is 24.3 Å². The quantitative estimate of drug-likeness (QED) is 0.0381. The third-order valence-corrected chi connectivity index (χ3v) is 8.75. The van der Waals surface area contributed by atoms with Gasteiger partial charge in [0.2, 0.25) is 12.2 Å². The van der Waals surface area contributed by atoms with Gasteiger partial charge in [0.25, 0.3) is 0 Å². The van der Waals surface area contributed by atoms with Crippen LogP contribution < -0.4 is 26.6 Å². The molecule has 4 rings (SSSR count). The fourth-order valence-electron chi connectivity index (χ4n) is 5.38. The molecule has 61 heavy (non-hydrogen) atoms. The lowest BCUT2D eigenvalue weighted by Gasteiger charge is -2.31. The number of aliphatic imine (C=N–C) groups is 3. The van der Waals surface area contributed by atoms with Crippen molar-refractivity contribution >= 4 is 88.2 Å². The van der Waals surface area contributed by atoms with Crippen molar-refractivity contribution in [3.63, 3.8) is 0 Å². The first-order valence-corrected chi connectivity index (χ1v) is 18.5. The molecule has 0 radical (unpaired) electrons. The van der Waals surface area contributed by atoms with Crippen molar-refractivity contribution < 1.29 is 47.7 Å². The standard InChI is InChI=1S/C43H44N8O10/c1-7-44-35-17-31(13-9-27(35)3)48-39(54)58-21-43(22-59-40(55)49-32-14-10-28(4)36(18-32)45-8-2,23-60-41(56)50-33-15-11-29(5)37(19-33)46-25-52)24-61-42(57)51-34-16-12-30(6)38(20-34)47-26-53/h7-20,44H,1,21-24H2,2-6H3,(H,48,54)(H,49,55)(H,50,56)(H,51,57). The molecule has 0 saturated heterocycles. The van der Waals surface area contributed by atoms with E-state index in [9.17, 15) is 28.8 Å². The Morgan fingerprint density at radius 1 is 0.574 bits per heavy atom. The van der Waals surface area contributed by atoms with Crippen LogP contribution in [0.15, 0.2) is 101 Å². The van der Waals surface area contributed by atoms with E-state index in [1.54, 1.807) is 87.6 Å². The van der Waals surface area contributed by atoms with Crippen LogP contribution in [0.2, 0.25) is 0 Å². The molecule has 0 saturated carbocycles. The number of nitrogens with zero attached hydrogens (tertiary/aromatic N) is 3. The zero-order valence-corrected chi connectivity index (χ0v) is 34.0. The van der Waals surface area contributed by atoms with Gasteiger partial charge in [-0.15, -0.1) is 0 Å². The second-order valence-electron chi connectivity index (χ2n) is 13.5. The van der Waals surface area contributed by atoms with Gasteiger partial charge in [-0.25, -0.2) is 28.8 Å². The molecular weight excluding hydrogens is 789 g/mol. The van der Waals surface area contributed by atoms with Gasteiger partial charge in [0.05, 0.1) is 17.1 Å². The number of isocyanates is 2. The minimum absolute atomic E-state index is 0.210. The number of benzene rings is 4. The van der Waals surface area contributed by atoms with Crippen LogP contribution in [0.3, 0.4) is 0 Å². The normalized spacial score (nSPS) is 11.4. The van der Waals surface area contributed by atoms with E-state index in [4.69, 9.17) is 18.9 Å². The topological polar surface area (TPSA) is 237 Å². The molecule has 5 N–H and O–H groups in total.